The Bertz CT molecular complexity index is 763. The first kappa shape index (κ1) is 17.6. The number of Topliss-reactive ketones (excluding diaryl/α,β-unsaturated/α-hetero) is 1. The second-order valence-electron chi connectivity index (χ2n) is 7.54. The second kappa shape index (κ2) is 7.43. The highest BCUT2D eigenvalue weighted by atomic mass is 32.2. The van der Waals surface area contributed by atoms with Crippen LogP contribution in [0.5, 0.6) is 0 Å². The molecule has 0 radical (unpaired) electrons. The smallest absolute Gasteiger partial charge is 0.228 e. The zero-order valence-corrected chi connectivity index (χ0v) is 16.3. The largest absolute Gasteiger partial charge is 0.341 e. The number of hydrogen-bond donors (Lipinski definition) is 0. The summed E-state index contributed by atoms with van der Waals surface area (Å²) in [5, 5.41) is 9.70. The van der Waals surface area contributed by atoms with Crippen LogP contribution in [-0.4, -0.2) is 38.9 Å². The van der Waals surface area contributed by atoms with E-state index < -0.39 is 0 Å². The number of anilines is 1. The monoisotopic (exact) mass is 370 g/mol. The molecule has 1 unspecified atom stereocenters. The Morgan fingerprint density at radius 3 is 2.46 bits per heavy atom. The van der Waals surface area contributed by atoms with Crippen molar-refractivity contribution in [3.63, 3.8) is 0 Å². The minimum atomic E-state index is -0.173. The molecule has 4 rings (SSSR count). The second-order valence-corrected chi connectivity index (χ2v) is 8.85. The van der Waals surface area contributed by atoms with Crippen molar-refractivity contribution in [3.05, 3.63) is 35.9 Å². The van der Waals surface area contributed by atoms with Crippen molar-refractivity contribution in [3.8, 4) is 0 Å². The number of benzene rings is 1. The molecule has 1 aromatic heterocycles. The maximum Gasteiger partial charge on any atom is 0.228 e. The fourth-order valence-electron chi connectivity index (χ4n) is 3.47. The molecule has 0 bridgehead atoms. The van der Waals surface area contributed by atoms with Crippen LogP contribution < -0.4 is 4.90 Å². The van der Waals surface area contributed by atoms with Gasteiger partial charge in [-0.3, -0.25) is 9.36 Å². The Kier molecular flexibility index (Phi) is 5.02. The van der Waals surface area contributed by atoms with E-state index in [1.807, 2.05) is 37.3 Å². The lowest BCUT2D eigenvalue weighted by molar-refractivity contribution is 0.0994. The van der Waals surface area contributed by atoms with Gasteiger partial charge in [0.05, 0.1) is 5.25 Å². The van der Waals surface area contributed by atoms with Crippen LogP contribution >= 0.6 is 11.8 Å². The third-order valence-corrected chi connectivity index (χ3v) is 6.39. The molecule has 2 aromatic rings. The Hall–Kier alpha value is -1.82. The van der Waals surface area contributed by atoms with Crippen LogP contribution in [0.15, 0.2) is 35.5 Å². The molecule has 1 aliphatic carbocycles. The lowest BCUT2D eigenvalue weighted by atomic mass is 10.00. The van der Waals surface area contributed by atoms with Gasteiger partial charge in [-0.05, 0) is 38.5 Å². The van der Waals surface area contributed by atoms with E-state index in [1.165, 1.54) is 37.4 Å². The molecule has 1 saturated carbocycles. The van der Waals surface area contributed by atoms with Crippen LogP contribution in [0.2, 0.25) is 0 Å². The predicted molar refractivity (Wildman–Crippen MR) is 105 cm³/mol. The third kappa shape index (κ3) is 3.65. The lowest BCUT2D eigenvalue weighted by Gasteiger charge is -2.31. The van der Waals surface area contributed by atoms with Gasteiger partial charge < -0.3 is 4.90 Å². The first-order chi connectivity index (χ1) is 12.6. The molecule has 1 aromatic carbocycles. The SMILES string of the molecule is CC1CCN(c2nnc(SC(C)C(=O)c3ccccc3)n2C2CC2)CC1. The Morgan fingerprint density at radius 1 is 1.12 bits per heavy atom. The highest BCUT2D eigenvalue weighted by molar-refractivity contribution is 8.00. The van der Waals surface area contributed by atoms with Gasteiger partial charge in [0, 0.05) is 24.7 Å². The van der Waals surface area contributed by atoms with E-state index in [0.717, 1.165) is 35.7 Å². The van der Waals surface area contributed by atoms with Gasteiger partial charge in [-0.15, -0.1) is 10.2 Å². The van der Waals surface area contributed by atoms with Crippen LogP contribution in [-0.2, 0) is 0 Å². The molecule has 2 fully saturated rings. The fourth-order valence-corrected chi connectivity index (χ4v) is 4.47. The highest BCUT2D eigenvalue weighted by Crippen LogP contribution is 2.42. The molecule has 0 spiro atoms. The zero-order valence-electron chi connectivity index (χ0n) is 15.5. The Morgan fingerprint density at radius 2 is 1.81 bits per heavy atom. The number of ketones is 1. The van der Waals surface area contributed by atoms with Crippen molar-refractivity contribution >= 4 is 23.5 Å². The summed E-state index contributed by atoms with van der Waals surface area (Å²) in [5.41, 5.74) is 0.759. The van der Waals surface area contributed by atoms with Crippen molar-refractivity contribution in [2.24, 2.45) is 5.92 Å². The summed E-state index contributed by atoms with van der Waals surface area (Å²) < 4.78 is 2.29. The topological polar surface area (TPSA) is 51.0 Å². The Labute approximate surface area is 159 Å². The van der Waals surface area contributed by atoms with Gasteiger partial charge in [-0.2, -0.15) is 0 Å². The average Bonchev–Trinajstić information content (AvgIpc) is 3.43. The van der Waals surface area contributed by atoms with Crippen molar-refractivity contribution < 1.29 is 4.79 Å². The number of thioether (sulfide) groups is 1. The highest BCUT2D eigenvalue weighted by Gasteiger charge is 2.33. The van der Waals surface area contributed by atoms with Crippen molar-refractivity contribution in [1.82, 2.24) is 14.8 Å². The molecule has 0 N–H and O–H groups in total. The molecule has 26 heavy (non-hydrogen) atoms. The normalized spacial score (nSPS) is 19.5. The summed E-state index contributed by atoms with van der Waals surface area (Å²) in [7, 11) is 0. The summed E-state index contributed by atoms with van der Waals surface area (Å²) in [5.74, 6) is 1.94. The summed E-state index contributed by atoms with van der Waals surface area (Å²) in [6.07, 6.45) is 4.79. The molecular weight excluding hydrogens is 344 g/mol. The standard InChI is InChI=1S/C20H26N4OS/c1-14-10-12-23(13-11-14)19-21-22-20(24(19)17-8-9-17)26-15(2)18(25)16-6-4-3-5-7-16/h3-7,14-15,17H,8-13H2,1-2H3. The minimum Gasteiger partial charge on any atom is -0.341 e. The molecule has 5 nitrogen and oxygen atoms in total. The minimum absolute atomic E-state index is 0.147. The first-order valence-electron chi connectivity index (χ1n) is 9.59. The summed E-state index contributed by atoms with van der Waals surface area (Å²) in [6.45, 7) is 6.39. The van der Waals surface area contributed by atoms with Gasteiger partial charge in [0.25, 0.3) is 0 Å². The number of carbonyl (C=O) groups is 1. The molecule has 2 heterocycles. The summed E-state index contributed by atoms with van der Waals surface area (Å²) in [6, 6.07) is 10.0. The molecular formula is C20H26N4OS. The van der Waals surface area contributed by atoms with Crippen LogP contribution in [0, 0.1) is 5.92 Å². The van der Waals surface area contributed by atoms with E-state index in [-0.39, 0.29) is 11.0 Å². The van der Waals surface area contributed by atoms with E-state index in [9.17, 15) is 4.79 Å². The molecule has 1 atom stereocenters. The molecule has 0 amide bonds. The van der Waals surface area contributed by atoms with E-state index in [1.54, 1.807) is 0 Å². The maximum atomic E-state index is 12.7. The van der Waals surface area contributed by atoms with Crippen LogP contribution in [0.3, 0.4) is 0 Å². The van der Waals surface area contributed by atoms with E-state index in [0.29, 0.717) is 6.04 Å². The van der Waals surface area contributed by atoms with Gasteiger partial charge >= 0.3 is 0 Å². The Balaban J connectivity index is 1.52. The lowest BCUT2D eigenvalue weighted by Crippen LogP contribution is -2.34. The maximum absolute atomic E-state index is 12.7. The molecule has 2 aliphatic rings. The van der Waals surface area contributed by atoms with E-state index in [2.05, 4.69) is 26.6 Å². The van der Waals surface area contributed by atoms with Gasteiger partial charge in [0.15, 0.2) is 10.9 Å². The van der Waals surface area contributed by atoms with Crippen molar-refractivity contribution in [1.29, 1.82) is 0 Å². The van der Waals surface area contributed by atoms with Gasteiger partial charge in [-0.25, -0.2) is 0 Å². The average molecular weight is 371 g/mol. The van der Waals surface area contributed by atoms with Crippen molar-refractivity contribution in [2.45, 2.75) is 56.0 Å². The molecule has 6 heteroatoms. The summed E-state index contributed by atoms with van der Waals surface area (Å²) in [4.78, 5) is 15.1. The molecule has 138 valence electrons. The number of piperidine rings is 1. The van der Waals surface area contributed by atoms with Gasteiger partial charge in [-0.1, -0.05) is 49.0 Å². The van der Waals surface area contributed by atoms with Crippen molar-refractivity contribution in [2.75, 3.05) is 18.0 Å². The number of aromatic nitrogens is 3. The molecule has 1 saturated heterocycles. The van der Waals surface area contributed by atoms with Crippen LogP contribution in [0.1, 0.15) is 55.9 Å². The molecule has 1 aliphatic heterocycles. The number of rotatable bonds is 6. The van der Waals surface area contributed by atoms with E-state index >= 15 is 0 Å². The van der Waals surface area contributed by atoms with Gasteiger partial charge in [0.1, 0.15) is 0 Å². The van der Waals surface area contributed by atoms with Gasteiger partial charge in [0.2, 0.25) is 5.95 Å². The predicted octanol–water partition coefficient (Wildman–Crippen LogP) is 4.21. The van der Waals surface area contributed by atoms with E-state index in [4.69, 9.17) is 0 Å². The van der Waals surface area contributed by atoms with Crippen LogP contribution in [0.25, 0.3) is 0 Å². The quantitative estimate of drug-likeness (QED) is 0.563. The number of nitrogens with zero attached hydrogens (tertiary/aromatic N) is 4. The number of hydrogen-bond acceptors (Lipinski definition) is 5. The first-order valence-corrected chi connectivity index (χ1v) is 10.5. The number of carbonyl (C=O) groups excluding carboxylic acids is 1. The third-order valence-electron chi connectivity index (χ3n) is 5.33. The zero-order chi connectivity index (χ0) is 18.1. The fraction of sp³-hybridized carbons (Fsp3) is 0.550. The van der Waals surface area contributed by atoms with Crippen LogP contribution in [0.4, 0.5) is 5.95 Å². The summed E-state index contributed by atoms with van der Waals surface area (Å²) >= 11 is 1.54.